The fourth-order valence-corrected chi connectivity index (χ4v) is 1.58. The maximum Gasteiger partial charge on any atom is 0.233 e. The van der Waals surface area contributed by atoms with Gasteiger partial charge < -0.3 is 10.4 Å². The molecule has 2 rings (SSSR count). The Morgan fingerprint density at radius 2 is 2.38 bits per heavy atom. The molecule has 5 nitrogen and oxygen atoms in total. The molecule has 0 amide bonds. The maximum absolute atomic E-state index is 8.80. The molecule has 0 spiro atoms. The minimum atomic E-state index is 0.211. The van der Waals surface area contributed by atoms with Crippen LogP contribution in [-0.2, 0) is 6.54 Å². The zero-order chi connectivity index (χ0) is 11.4. The van der Waals surface area contributed by atoms with Crippen molar-refractivity contribution in [3.05, 3.63) is 30.4 Å². The fraction of sp³-hybridized carbons (Fsp3) is 0.455. The average molecular weight is 220 g/mol. The highest BCUT2D eigenvalue weighted by molar-refractivity contribution is 5.30. The molecule has 0 radical (unpaired) electrons. The predicted molar refractivity (Wildman–Crippen MR) is 61.0 cm³/mol. The molecule has 0 aliphatic heterocycles. The number of hydrogen-bond donors (Lipinski definition) is 2. The summed E-state index contributed by atoms with van der Waals surface area (Å²) in [6, 6.07) is 2.18. The number of rotatable bonds is 5. The van der Waals surface area contributed by atoms with Crippen molar-refractivity contribution in [1.29, 1.82) is 0 Å². The summed E-state index contributed by atoms with van der Waals surface area (Å²) in [7, 11) is 0. The summed E-state index contributed by atoms with van der Waals surface area (Å²) in [6.07, 6.45) is 6.26. The van der Waals surface area contributed by atoms with Crippen LogP contribution in [0, 0.1) is 0 Å². The third-order valence-electron chi connectivity index (χ3n) is 2.56. The molecular formula is C11H16N4O. The Morgan fingerprint density at radius 3 is 3.19 bits per heavy atom. The van der Waals surface area contributed by atoms with Gasteiger partial charge in [0.25, 0.3) is 0 Å². The van der Waals surface area contributed by atoms with Crippen LogP contribution in [0.25, 0.3) is 5.78 Å². The molecule has 0 saturated carbocycles. The van der Waals surface area contributed by atoms with Crippen LogP contribution in [0.5, 0.6) is 0 Å². The number of nitrogens with zero attached hydrogens (tertiary/aromatic N) is 3. The van der Waals surface area contributed by atoms with Crippen LogP contribution in [0.15, 0.2) is 24.7 Å². The lowest BCUT2D eigenvalue weighted by molar-refractivity contribution is 0.268. The predicted octanol–water partition coefficient (Wildman–Crippen LogP) is 0.590. The van der Waals surface area contributed by atoms with Crippen molar-refractivity contribution in [2.75, 3.05) is 6.61 Å². The zero-order valence-electron chi connectivity index (χ0n) is 9.30. The van der Waals surface area contributed by atoms with E-state index in [1.165, 1.54) is 0 Å². The van der Waals surface area contributed by atoms with Gasteiger partial charge in [-0.2, -0.15) is 0 Å². The first kappa shape index (κ1) is 11.0. The topological polar surface area (TPSA) is 62.5 Å². The van der Waals surface area contributed by atoms with Gasteiger partial charge in [-0.25, -0.2) is 9.97 Å². The van der Waals surface area contributed by atoms with Crippen LogP contribution in [0.4, 0.5) is 0 Å². The van der Waals surface area contributed by atoms with Gasteiger partial charge in [-0.3, -0.25) is 4.40 Å². The van der Waals surface area contributed by atoms with Gasteiger partial charge in [0, 0.05) is 31.6 Å². The molecule has 0 saturated heterocycles. The standard InChI is InChI=1S/C11H16N4O/c1-9(3-6-16)13-7-10-8-14-11-12-4-2-5-15(10)11/h2,4-5,8-9,13,16H,3,6-7H2,1H3/t9-/m1/s1. The van der Waals surface area contributed by atoms with Gasteiger partial charge in [0.15, 0.2) is 0 Å². The normalized spacial score (nSPS) is 13.1. The van der Waals surface area contributed by atoms with Crippen LogP contribution in [0.1, 0.15) is 19.0 Å². The molecule has 2 N–H and O–H groups in total. The smallest absolute Gasteiger partial charge is 0.233 e. The first-order valence-electron chi connectivity index (χ1n) is 5.42. The van der Waals surface area contributed by atoms with E-state index in [9.17, 15) is 0 Å². The van der Waals surface area contributed by atoms with E-state index in [0.29, 0.717) is 11.8 Å². The second kappa shape index (κ2) is 5.05. The average Bonchev–Trinajstić information content (AvgIpc) is 2.70. The van der Waals surface area contributed by atoms with Gasteiger partial charge >= 0.3 is 0 Å². The summed E-state index contributed by atoms with van der Waals surface area (Å²) in [5.74, 6) is 0.717. The molecule has 1 atom stereocenters. The van der Waals surface area contributed by atoms with Crippen molar-refractivity contribution in [2.45, 2.75) is 25.9 Å². The molecular weight excluding hydrogens is 204 g/mol. The van der Waals surface area contributed by atoms with Crippen molar-refractivity contribution in [2.24, 2.45) is 0 Å². The summed E-state index contributed by atoms with van der Waals surface area (Å²) in [4.78, 5) is 8.35. The summed E-state index contributed by atoms with van der Waals surface area (Å²) in [6.45, 7) is 2.99. The Labute approximate surface area is 94.2 Å². The number of aliphatic hydroxyl groups is 1. The third-order valence-corrected chi connectivity index (χ3v) is 2.56. The third kappa shape index (κ3) is 2.37. The van der Waals surface area contributed by atoms with Gasteiger partial charge in [0.1, 0.15) is 0 Å². The lowest BCUT2D eigenvalue weighted by Crippen LogP contribution is -2.26. The monoisotopic (exact) mass is 220 g/mol. The molecule has 16 heavy (non-hydrogen) atoms. The molecule has 2 aromatic rings. The van der Waals surface area contributed by atoms with Crippen molar-refractivity contribution >= 4 is 5.78 Å². The molecule has 0 aliphatic carbocycles. The van der Waals surface area contributed by atoms with Crippen LogP contribution in [0.2, 0.25) is 0 Å². The maximum atomic E-state index is 8.80. The van der Waals surface area contributed by atoms with Crippen LogP contribution in [0.3, 0.4) is 0 Å². The highest BCUT2D eigenvalue weighted by atomic mass is 16.3. The molecule has 5 heteroatoms. The number of aliphatic hydroxyl groups excluding tert-OH is 1. The zero-order valence-corrected chi connectivity index (χ0v) is 9.30. The van der Waals surface area contributed by atoms with Crippen molar-refractivity contribution in [1.82, 2.24) is 19.7 Å². The fourth-order valence-electron chi connectivity index (χ4n) is 1.58. The Bertz CT molecular complexity index is 454. The summed E-state index contributed by atoms with van der Waals surface area (Å²) in [5, 5.41) is 12.1. The van der Waals surface area contributed by atoms with Gasteiger partial charge in [-0.05, 0) is 19.4 Å². The van der Waals surface area contributed by atoms with E-state index in [2.05, 4.69) is 22.2 Å². The molecule has 0 fully saturated rings. The van der Waals surface area contributed by atoms with E-state index in [0.717, 1.165) is 18.7 Å². The lowest BCUT2D eigenvalue weighted by atomic mass is 10.2. The minimum absolute atomic E-state index is 0.211. The van der Waals surface area contributed by atoms with Crippen LogP contribution < -0.4 is 5.32 Å². The molecule has 0 aromatic carbocycles. The number of nitrogens with one attached hydrogen (secondary N) is 1. The number of hydrogen-bond acceptors (Lipinski definition) is 4. The van der Waals surface area contributed by atoms with E-state index in [4.69, 9.17) is 5.11 Å². The Hall–Kier alpha value is -1.46. The Balaban J connectivity index is 2.04. The molecule has 0 bridgehead atoms. The Morgan fingerprint density at radius 1 is 1.50 bits per heavy atom. The van der Waals surface area contributed by atoms with E-state index in [1.54, 1.807) is 6.20 Å². The molecule has 2 aromatic heterocycles. The second-order valence-corrected chi connectivity index (χ2v) is 3.83. The van der Waals surface area contributed by atoms with E-state index in [1.807, 2.05) is 22.9 Å². The first-order valence-corrected chi connectivity index (χ1v) is 5.42. The van der Waals surface area contributed by atoms with Gasteiger partial charge in [0.05, 0.1) is 11.9 Å². The number of aromatic nitrogens is 3. The molecule has 86 valence electrons. The van der Waals surface area contributed by atoms with Crippen molar-refractivity contribution in [3.8, 4) is 0 Å². The van der Waals surface area contributed by atoms with Crippen LogP contribution >= 0.6 is 0 Å². The van der Waals surface area contributed by atoms with Crippen LogP contribution in [-0.4, -0.2) is 32.1 Å². The Kier molecular flexibility index (Phi) is 3.48. The highest BCUT2D eigenvalue weighted by Gasteiger charge is 2.05. The number of fused-ring (bicyclic) bond motifs is 1. The molecule has 0 aliphatic rings. The molecule has 2 heterocycles. The summed E-state index contributed by atoms with van der Waals surface area (Å²) in [5.41, 5.74) is 1.08. The lowest BCUT2D eigenvalue weighted by Gasteiger charge is -2.11. The van der Waals surface area contributed by atoms with E-state index >= 15 is 0 Å². The van der Waals surface area contributed by atoms with Crippen molar-refractivity contribution < 1.29 is 5.11 Å². The largest absolute Gasteiger partial charge is 0.396 e. The van der Waals surface area contributed by atoms with E-state index in [-0.39, 0.29) is 6.61 Å². The summed E-state index contributed by atoms with van der Waals surface area (Å²) >= 11 is 0. The quantitative estimate of drug-likeness (QED) is 0.774. The van der Waals surface area contributed by atoms with E-state index < -0.39 is 0 Å². The van der Waals surface area contributed by atoms with Gasteiger partial charge in [0.2, 0.25) is 5.78 Å². The van der Waals surface area contributed by atoms with Gasteiger partial charge in [-0.15, -0.1) is 0 Å². The number of imidazole rings is 1. The van der Waals surface area contributed by atoms with Gasteiger partial charge in [-0.1, -0.05) is 0 Å². The van der Waals surface area contributed by atoms with Crippen molar-refractivity contribution in [3.63, 3.8) is 0 Å². The molecule has 0 unspecified atom stereocenters. The second-order valence-electron chi connectivity index (χ2n) is 3.83. The summed E-state index contributed by atoms with van der Waals surface area (Å²) < 4.78 is 1.96. The minimum Gasteiger partial charge on any atom is -0.396 e. The SMILES string of the molecule is C[C@H](CCO)NCc1cnc2ncccn12. The first-order chi connectivity index (χ1) is 7.81. The highest BCUT2D eigenvalue weighted by Crippen LogP contribution is 2.03.